The number of benzene rings is 2. The number of sulfonamides is 1. The Kier molecular flexibility index (Phi) is 11.0. The van der Waals surface area contributed by atoms with Crippen LogP contribution >= 0.6 is 0 Å². The molecule has 1 atom stereocenters. The number of nitrogens with one attached hydrogen (secondary N) is 1. The van der Waals surface area contributed by atoms with E-state index in [9.17, 15) is 18.0 Å². The van der Waals surface area contributed by atoms with Crippen LogP contribution in [0.3, 0.4) is 0 Å². The van der Waals surface area contributed by atoms with Gasteiger partial charge < -0.3 is 15.0 Å². The van der Waals surface area contributed by atoms with E-state index in [1.807, 2.05) is 64.1 Å². The highest BCUT2D eigenvalue weighted by Gasteiger charge is 2.26. The van der Waals surface area contributed by atoms with Crippen molar-refractivity contribution >= 4 is 27.5 Å². The molecule has 0 saturated carbocycles. The topological polar surface area (TPSA) is 96.0 Å². The van der Waals surface area contributed by atoms with Gasteiger partial charge in [-0.25, -0.2) is 8.42 Å². The van der Waals surface area contributed by atoms with Crippen LogP contribution in [-0.4, -0.2) is 57.6 Å². The second-order valence-corrected chi connectivity index (χ2v) is 11.8. The van der Waals surface area contributed by atoms with Crippen molar-refractivity contribution in [2.75, 3.05) is 30.8 Å². The summed E-state index contributed by atoms with van der Waals surface area (Å²) in [4.78, 5) is 27.8. The molecule has 0 unspecified atom stereocenters. The van der Waals surface area contributed by atoms with Gasteiger partial charge >= 0.3 is 0 Å². The summed E-state index contributed by atoms with van der Waals surface area (Å²) in [5.74, 6) is 0.561. The fourth-order valence-electron chi connectivity index (χ4n) is 3.85. The number of aryl methyl sites for hydroxylation is 2. The zero-order chi connectivity index (χ0) is 27.8. The van der Waals surface area contributed by atoms with E-state index in [-0.39, 0.29) is 37.2 Å². The van der Waals surface area contributed by atoms with Gasteiger partial charge in [-0.05, 0) is 74.1 Å². The molecule has 37 heavy (non-hydrogen) atoms. The number of methoxy groups -OCH3 is 1. The summed E-state index contributed by atoms with van der Waals surface area (Å²) in [6.07, 6.45) is 1.59. The Hall–Kier alpha value is -3.07. The van der Waals surface area contributed by atoms with Crippen molar-refractivity contribution in [3.8, 4) is 5.75 Å². The molecule has 0 aromatic heterocycles. The normalized spacial score (nSPS) is 12.2. The number of rotatable bonds is 13. The van der Waals surface area contributed by atoms with Crippen LogP contribution in [0.25, 0.3) is 0 Å². The van der Waals surface area contributed by atoms with Crippen molar-refractivity contribution in [1.82, 2.24) is 10.2 Å². The van der Waals surface area contributed by atoms with Crippen molar-refractivity contribution in [3.63, 3.8) is 0 Å². The smallest absolute Gasteiger partial charge is 0.242 e. The molecule has 9 heteroatoms. The number of anilines is 1. The molecule has 0 aliphatic carbocycles. The molecule has 0 heterocycles. The fourth-order valence-corrected chi connectivity index (χ4v) is 4.80. The van der Waals surface area contributed by atoms with Crippen molar-refractivity contribution in [1.29, 1.82) is 0 Å². The minimum absolute atomic E-state index is 0.106. The fraction of sp³-hybridized carbons (Fsp3) is 0.500. The number of ether oxygens (including phenoxy) is 1. The number of carbonyl (C=O) groups excluding carboxylic acids is 2. The van der Waals surface area contributed by atoms with Crippen LogP contribution in [-0.2, 0) is 26.2 Å². The predicted octanol–water partition coefficient (Wildman–Crippen LogP) is 4.05. The highest BCUT2D eigenvalue weighted by atomic mass is 32.2. The van der Waals surface area contributed by atoms with Crippen LogP contribution in [0.1, 0.15) is 50.3 Å². The highest BCUT2D eigenvalue weighted by Crippen LogP contribution is 2.22. The van der Waals surface area contributed by atoms with E-state index in [2.05, 4.69) is 5.32 Å². The number of nitrogens with zero attached hydrogens (tertiary/aromatic N) is 2. The molecule has 8 nitrogen and oxygen atoms in total. The van der Waals surface area contributed by atoms with Crippen LogP contribution < -0.4 is 14.4 Å². The van der Waals surface area contributed by atoms with Gasteiger partial charge in [0.05, 0.1) is 19.1 Å². The Bertz CT molecular complexity index is 1160. The van der Waals surface area contributed by atoms with Crippen LogP contribution in [0.15, 0.2) is 42.5 Å². The minimum atomic E-state index is -3.53. The Morgan fingerprint density at radius 2 is 1.65 bits per heavy atom. The average molecular weight is 532 g/mol. The lowest BCUT2D eigenvalue weighted by Crippen LogP contribution is -2.48. The molecule has 0 spiro atoms. The van der Waals surface area contributed by atoms with Gasteiger partial charge in [0.1, 0.15) is 11.8 Å². The number of hydrogen-bond donors (Lipinski definition) is 1. The molecule has 0 fully saturated rings. The lowest BCUT2D eigenvalue weighted by Gasteiger charge is -2.30. The maximum atomic E-state index is 13.4. The van der Waals surface area contributed by atoms with Crippen molar-refractivity contribution < 1.29 is 22.7 Å². The third-order valence-electron chi connectivity index (χ3n) is 6.29. The summed E-state index contributed by atoms with van der Waals surface area (Å²) in [6, 6.07) is 12.2. The van der Waals surface area contributed by atoms with Gasteiger partial charge in [-0.1, -0.05) is 32.0 Å². The molecular weight excluding hydrogens is 490 g/mol. The van der Waals surface area contributed by atoms with E-state index in [1.54, 1.807) is 25.0 Å². The molecule has 0 bridgehead atoms. The van der Waals surface area contributed by atoms with E-state index in [4.69, 9.17) is 4.74 Å². The summed E-state index contributed by atoms with van der Waals surface area (Å²) in [5.41, 5.74) is 3.51. The van der Waals surface area contributed by atoms with Crippen molar-refractivity contribution in [2.24, 2.45) is 5.92 Å². The molecule has 0 aliphatic heterocycles. The monoisotopic (exact) mass is 531 g/mol. The molecule has 0 saturated heterocycles. The molecule has 1 N–H and O–H groups in total. The number of amides is 2. The Balaban J connectivity index is 2.18. The first-order chi connectivity index (χ1) is 17.3. The molecular formula is C28H41N3O5S. The first kappa shape index (κ1) is 30.2. The molecule has 2 rings (SSSR count). The number of carbonyl (C=O) groups is 2. The Morgan fingerprint density at radius 3 is 2.19 bits per heavy atom. The summed E-state index contributed by atoms with van der Waals surface area (Å²) in [5, 5.41) is 2.91. The second kappa shape index (κ2) is 13.5. The Morgan fingerprint density at radius 1 is 1.00 bits per heavy atom. The molecule has 0 aliphatic rings. The van der Waals surface area contributed by atoms with E-state index in [0.717, 1.165) is 16.7 Å². The van der Waals surface area contributed by atoms with Gasteiger partial charge in [-0.3, -0.25) is 13.9 Å². The van der Waals surface area contributed by atoms with E-state index in [0.29, 0.717) is 24.4 Å². The molecule has 2 aromatic carbocycles. The maximum absolute atomic E-state index is 13.4. The SMILES string of the molecule is COc1ccc(CN(C(=O)CCCN(c2ccc(C)c(C)c2)S(C)(=O)=O)[C@@H](C)C(=O)NCC(C)C)cc1. The maximum Gasteiger partial charge on any atom is 0.242 e. The Labute approximate surface area is 222 Å². The second-order valence-electron chi connectivity index (χ2n) is 9.89. The summed E-state index contributed by atoms with van der Waals surface area (Å²) < 4.78 is 31.6. The lowest BCUT2D eigenvalue weighted by molar-refractivity contribution is -0.140. The van der Waals surface area contributed by atoms with Gasteiger partial charge in [-0.15, -0.1) is 0 Å². The summed E-state index contributed by atoms with van der Waals surface area (Å²) in [6.45, 7) is 10.6. The minimum Gasteiger partial charge on any atom is -0.497 e. The predicted molar refractivity (Wildman–Crippen MR) is 148 cm³/mol. The molecule has 2 aromatic rings. The van der Waals surface area contributed by atoms with Gasteiger partial charge in [0, 0.05) is 26.1 Å². The van der Waals surface area contributed by atoms with Gasteiger partial charge in [-0.2, -0.15) is 0 Å². The van der Waals surface area contributed by atoms with E-state index >= 15 is 0 Å². The largest absolute Gasteiger partial charge is 0.497 e. The van der Waals surface area contributed by atoms with Gasteiger partial charge in [0.25, 0.3) is 0 Å². The van der Waals surface area contributed by atoms with Gasteiger partial charge in [0.15, 0.2) is 0 Å². The summed E-state index contributed by atoms with van der Waals surface area (Å²) >= 11 is 0. The van der Waals surface area contributed by atoms with Crippen LogP contribution in [0.5, 0.6) is 5.75 Å². The van der Waals surface area contributed by atoms with Crippen molar-refractivity contribution in [3.05, 3.63) is 59.2 Å². The third-order valence-corrected chi connectivity index (χ3v) is 7.49. The highest BCUT2D eigenvalue weighted by molar-refractivity contribution is 7.92. The molecule has 2 amide bonds. The average Bonchev–Trinajstić information content (AvgIpc) is 2.84. The van der Waals surface area contributed by atoms with Crippen LogP contribution in [0.4, 0.5) is 5.69 Å². The number of hydrogen-bond acceptors (Lipinski definition) is 5. The zero-order valence-corrected chi connectivity index (χ0v) is 23.9. The van der Waals surface area contributed by atoms with Crippen molar-refractivity contribution in [2.45, 2.75) is 60.0 Å². The molecule has 204 valence electrons. The lowest BCUT2D eigenvalue weighted by atomic mass is 10.1. The van der Waals surface area contributed by atoms with Gasteiger partial charge in [0.2, 0.25) is 21.8 Å². The van der Waals surface area contributed by atoms with Crippen LogP contribution in [0, 0.1) is 19.8 Å². The third kappa shape index (κ3) is 9.07. The van der Waals surface area contributed by atoms with E-state index < -0.39 is 16.1 Å². The first-order valence-corrected chi connectivity index (χ1v) is 14.4. The summed E-state index contributed by atoms with van der Waals surface area (Å²) in [7, 11) is -1.95. The molecule has 0 radical (unpaired) electrons. The standard InChI is InChI=1S/C28H41N3O5S/c1-20(2)18-29-28(33)23(5)30(19-24-11-14-26(36-6)15-12-24)27(32)9-8-16-31(37(7,34)35)25-13-10-21(3)22(4)17-25/h10-15,17,20,23H,8-9,16,18-19H2,1-7H3,(H,29,33)/t23-/m0/s1. The van der Waals surface area contributed by atoms with E-state index in [1.165, 1.54) is 10.6 Å². The zero-order valence-electron chi connectivity index (χ0n) is 23.1. The first-order valence-electron chi connectivity index (χ1n) is 12.6. The quantitative estimate of drug-likeness (QED) is 0.421. The van der Waals surface area contributed by atoms with Crippen LogP contribution in [0.2, 0.25) is 0 Å².